The lowest BCUT2D eigenvalue weighted by Crippen LogP contribution is -2.60. The molecule has 0 aliphatic carbocycles. The number of aryl methyl sites for hydroxylation is 2. The fraction of sp³-hybridized carbons (Fsp3) is 0.565. The number of piperidine rings is 1. The van der Waals surface area contributed by atoms with E-state index in [1.165, 1.54) is 7.11 Å². The Morgan fingerprint density at radius 1 is 1.31 bits per heavy atom. The third-order valence-electron chi connectivity index (χ3n) is 5.78. The maximum Gasteiger partial charge on any atom is 0.246 e. The van der Waals surface area contributed by atoms with E-state index in [4.69, 9.17) is 9.47 Å². The smallest absolute Gasteiger partial charge is 0.246 e. The lowest BCUT2D eigenvalue weighted by atomic mass is 9.88. The largest absolute Gasteiger partial charge is 0.492 e. The Morgan fingerprint density at radius 2 is 2.06 bits per heavy atom. The summed E-state index contributed by atoms with van der Waals surface area (Å²) >= 11 is 0. The highest BCUT2D eigenvalue weighted by atomic mass is 16.5. The molecule has 32 heavy (non-hydrogen) atoms. The molecule has 3 rings (SSSR count). The summed E-state index contributed by atoms with van der Waals surface area (Å²) in [5.41, 5.74) is 1.89. The molecule has 0 radical (unpaired) electrons. The van der Waals surface area contributed by atoms with Crippen LogP contribution in [0.5, 0.6) is 5.75 Å². The number of likely N-dealkylation sites (tertiary alicyclic amines) is 1. The predicted molar refractivity (Wildman–Crippen MR) is 119 cm³/mol. The molecule has 1 amide bonds. The minimum atomic E-state index is -1.33. The molecular formula is C23H34N4O5. The molecule has 1 fully saturated rings. The van der Waals surface area contributed by atoms with Gasteiger partial charge in [-0.25, -0.2) is 0 Å². The van der Waals surface area contributed by atoms with Crippen molar-refractivity contribution in [3.05, 3.63) is 47.3 Å². The normalized spacial score (nSPS) is 21.5. The van der Waals surface area contributed by atoms with E-state index in [-0.39, 0.29) is 19.1 Å². The number of benzene rings is 1. The fourth-order valence-corrected chi connectivity index (χ4v) is 3.91. The second-order valence-electron chi connectivity index (χ2n) is 8.46. The van der Waals surface area contributed by atoms with Crippen LogP contribution in [0.2, 0.25) is 0 Å². The summed E-state index contributed by atoms with van der Waals surface area (Å²) in [7, 11) is 1.43. The summed E-state index contributed by atoms with van der Waals surface area (Å²) in [6.45, 7) is 6.80. The molecule has 9 nitrogen and oxygen atoms in total. The zero-order chi connectivity index (χ0) is 23.1. The lowest BCUT2D eigenvalue weighted by Gasteiger charge is -2.42. The number of nitrogens with one attached hydrogen (secondary N) is 1. The van der Waals surface area contributed by atoms with Crippen molar-refractivity contribution < 1.29 is 24.5 Å². The first-order valence-corrected chi connectivity index (χ1v) is 10.9. The number of hydrogen-bond donors (Lipinski definition) is 3. The number of carbonyl (C=O) groups is 1. The Labute approximate surface area is 188 Å². The van der Waals surface area contributed by atoms with Crippen LogP contribution < -0.4 is 10.1 Å². The van der Waals surface area contributed by atoms with Crippen molar-refractivity contribution in [2.75, 3.05) is 40.0 Å². The van der Waals surface area contributed by atoms with Gasteiger partial charge in [0, 0.05) is 39.0 Å². The number of rotatable bonds is 10. The van der Waals surface area contributed by atoms with Crippen LogP contribution >= 0.6 is 0 Å². The van der Waals surface area contributed by atoms with E-state index in [0.29, 0.717) is 39.2 Å². The summed E-state index contributed by atoms with van der Waals surface area (Å²) in [5, 5.41) is 28.2. The van der Waals surface area contributed by atoms with Crippen LogP contribution in [0.4, 0.5) is 0 Å². The maximum absolute atomic E-state index is 11.6. The number of hydrogen-bond acceptors (Lipinski definition) is 7. The average molecular weight is 447 g/mol. The topological polar surface area (TPSA) is 109 Å². The summed E-state index contributed by atoms with van der Waals surface area (Å²) in [5.74, 6) is 0.489. The van der Waals surface area contributed by atoms with Crippen LogP contribution in [0.15, 0.2) is 30.3 Å². The maximum atomic E-state index is 11.6. The Balaban J connectivity index is 1.43. The molecule has 1 aliphatic heterocycles. The second-order valence-corrected chi connectivity index (χ2v) is 8.46. The molecule has 1 aromatic heterocycles. The Kier molecular flexibility index (Phi) is 8.25. The first-order chi connectivity index (χ1) is 15.3. The van der Waals surface area contributed by atoms with Crippen molar-refractivity contribution in [1.82, 2.24) is 20.0 Å². The number of nitrogens with zero attached hydrogens (tertiary/aromatic N) is 3. The van der Waals surface area contributed by atoms with Crippen LogP contribution in [0.1, 0.15) is 23.4 Å². The number of aromatic nitrogens is 2. The molecule has 9 heteroatoms. The molecule has 0 unspecified atom stereocenters. The number of amides is 1. The lowest BCUT2D eigenvalue weighted by molar-refractivity contribution is -0.134. The van der Waals surface area contributed by atoms with Crippen LogP contribution in [0.3, 0.4) is 0 Å². The Morgan fingerprint density at radius 3 is 2.69 bits per heavy atom. The third kappa shape index (κ3) is 6.52. The summed E-state index contributed by atoms with van der Waals surface area (Å²) in [6, 6.07) is 9.95. The Bertz CT molecular complexity index is 885. The van der Waals surface area contributed by atoms with Crippen LogP contribution in [-0.2, 0) is 22.6 Å². The van der Waals surface area contributed by atoms with E-state index in [0.717, 1.165) is 22.7 Å². The number of carbonyl (C=O) groups excluding carboxylic acids is 1. The highest BCUT2D eigenvalue weighted by molar-refractivity contribution is 5.77. The van der Waals surface area contributed by atoms with Gasteiger partial charge in [-0.2, -0.15) is 5.10 Å². The van der Waals surface area contributed by atoms with Gasteiger partial charge >= 0.3 is 0 Å². The van der Waals surface area contributed by atoms with E-state index in [1.807, 2.05) is 48.9 Å². The number of β-amino-alcohol motifs (C(OH)–C–C–N with tert-alkyl or cyclic N) is 1. The van der Waals surface area contributed by atoms with E-state index < -0.39 is 11.7 Å². The number of aliphatic hydroxyl groups is 2. The second kappa shape index (κ2) is 10.9. The monoisotopic (exact) mass is 446 g/mol. The molecular weight excluding hydrogens is 412 g/mol. The first-order valence-electron chi connectivity index (χ1n) is 10.9. The van der Waals surface area contributed by atoms with Gasteiger partial charge in [-0.15, -0.1) is 0 Å². The molecule has 176 valence electrons. The Hall–Kier alpha value is -2.46. The molecule has 3 N–H and O–H groups in total. The van der Waals surface area contributed by atoms with Crippen molar-refractivity contribution in [2.24, 2.45) is 0 Å². The zero-order valence-electron chi connectivity index (χ0n) is 19.1. The van der Waals surface area contributed by atoms with Gasteiger partial charge in [0.05, 0.1) is 18.3 Å². The van der Waals surface area contributed by atoms with Crippen molar-refractivity contribution in [3.8, 4) is 5.75 Å². The molecule has 2 atom stereocenters. The van der Waals surface area contributed by atoms with Crippen molar-refractivity contribution >= 4 is 5.91 Å². The van der Waals surface area contributed by atoms with Gasteiger partial charge in [0.25, 0.3) is 0 Å². The van der Waals surface area contributed by atoms with Gasteiger partial charge in [0.15, 0.2) is 0 Å². The number of methoxy groups -OCH3 is 1. The standard InChI is InChI=1S/C23H34N4O5/c1-17-12-18(2)27(25-17)10-11-32-20-6-4-19(5-7-20)13-26-9-8-23(30,21(28)14-26)16-24-22(29)15-31-3/h4-7,12,21,28,30H,8-11,13-16H2,1-3H3,(H,24,29)/t21-,23-/m1/s1. The minimum Gasteiger partial charge on any atom is -0.492 e. The molecule has 2 heterocycles. The molecule has 1 aromatic carbocycles. The summed E-state index contributed by atoms with van der Waals surface area (Å²) < 4.78 is 12.5. The average Bonchev–Trinajstić information content (AvgIpc) is 3.08. The molecule has 0 spiro atoms. The molecule has 1 aliphatic rings. The van der Waals surface area contributed by atoms with Gasteiger partial charge in [0.2, 0.25) is 5.91 Å². The van der Waals surface area contributed by atoms with Gasteiger partial charge in [-0.05, 0) is 44.0 Å². The third-order valence-corrected chi connectivity index (χ3v) is 5.78. The van der Waals surface area contributed by atoms with Gasteiger partial charge in [-0.3, -0.25) is 14.4 Å². The van der Waals surface area contributed by atoms with Crippen LogP contribution in [0.25, 0.3) is 0 Å². The molecule has 0 bridgehead atoms. The zero-order valence-corrected chi connectivity index (χ0v) is 19.1. The van der Waals surface area contributed by atoms with Gasteiger partial charge < -0.3 is 25.0 Å². The number of aliphatic hydroxyl groups excluding tert-OH is 1. The fourth-order valence-electron chi connectivity index (χ4n) is 3.91. The number of ether oxygens (including phenoxy) is 2. The van der Waals surface area contributed by atoms with Crippen molar-refractivity contribution in [3.63, 3.8) is 0 Å². The minimum absolute atomic E-state index is 0.00780. The van der Waals surface area contributed by atoms with Gasteiger partial charge in [-0.1, -0.05) is 12.1 Å². The van der Waals surface area contributed by atoms with E-state index >= 15 is 0 Å². The van der Waals surface area contributed by atoms with Crippen molar-refractivity contribution in [1.29, 1.82) is 0 Å². The van der Waals surface area contributed by atoms with Crippen molar-refractivity contribution in [2.45, 2.75) is 45.1 Å². The van der Waals surface area contributed by atoms with Gasteiger partial charge in [0.1, 0.15) is 24.6 Å². The van der Waals surface area contributed by atoms with E-state index in [1.54, 1.807) is 0 Å². The SMILES string of the molecule is COCC(=O)NC[C@]1(O)CCN(Cc2ccc(OCCn3nc(C)cc3C)cc2)C[C@H]1O. The molecule has 2 aromatic rings. The predicted octanol–water partition coefficient (Wildman–Crippen LogP) is 0.639. The quantitative estimate of drug-likeness (QED) is 0.491. The van der Waals surface area contributed by atoms with Crippen LogP contribution in [-0.4, -0.2) is 82.5 Å². The first kappa shape index (κ1) is 24.2. The highest BCUT2D eigenvalue weighted by Crippen LogP contribution is 2.24. The molecule has 0 saturated carbocycles. The van der Waals surface area contributed by atoms with E-state index in [2.05, 4.69) is 15.3 Å². The van der Waals surface area contributed by atoms with Crippen LogP contribution in [0, 0.1) is 13.8 Å². The summed E-state index contributed by atoms with van der Waals surface area (Å²) in [6.07, 6.45) is -0.578. The molecule has 1 saturated heterocycles. The van der Waals surface area contributed by atoms with E-state index in [9.17, 15) is 15.0 Å². The highest BCUT2D eigenvalue weighted by Gasteiger charge is 2.40. The summed E-state index contributed by atoms with van der Waals surface area (Å²) in [4.78, 5) is 13.7.